The molecule has 4 nitrogen and oxygen atoms in total. The third-order valence-electron chi connectivity index (χ3n) is 5.06. The van der Waals surface area contributed by atoms with Crippen molar-refractivity contribution in [1.29, 1.82) is 0 Å². The molecule has 1 aromatic carbocycles. The molecule has 3 aliphatic heterocycles. The number of methoxy groups -OCH3 is 1. The Morgan fingerprint density at radius 2 is 2.00 bits per heavy atom. The summed E-state index contributed by atoms with van der Waals surface area (Å²) in [6.45, 7) is 5.04. The molecule has 3 fully saturated rings. The molecule has 1 aromatic rings. The van der Waals surface area contributed by atoms with Crippen molar-refractivity contribution in [1.82, 2.24) is 4.90 Å². The number of aliphatic hydroxyl groups is 1. The van der Waals surface area contributed by atoms with Gasteiger partial charge in [-0.25, -0.2) is 0 Å². The Morgan fingerprint density at radius 1 is 1.23 bits per heavy atom. The van der Waals surface area contributed by atoms with Crippen LogP contribution in [0.5, 0.6) is 11.5 Å². The number of nitrogens with zero attached hydrogens (tertiary/aromatic N) is 1. The highest BCUT2D eigenvalue weighted by atomic mass is 16.5. The van der Waals surface area contributed by atoms with Gasteiger partial charge in [0.2, 0.25) is 0 Å². The molecule has 3 heterocycles. The lowest BCUT2D eigenvalue weighted by Gasteiger charge is -2.49. The van der Waals surface area contributed by atoms with E-state index in [0.717, 1.165) is 50.3 Å². The van der Waals surface area contributed by atoms with Crippen LogP contribution in [-0.2, 0) is 6.42 Å². The molecule has 1 N–H and O–H groups in total. The maximum atomic E-state index is 10.5. The van der Waals surface area contributed by atoms with E-state index in [9.17, 15) is 5.11 Å². The first-order chi connectivity index (χ1) is 10.7. The second-order valence-corrected chi connectivity index (χ2v) is 6.47. The van der Waals surface area contributed by atoms with E-state index < -0.39 is 0 Å². The lowest BCUT2D eigenvalue weighted by molar-refractivity contribution is -0.0715. The van der Waals surface area contributed by atoms with Crippen molar-refractivity contribution < 1.29 is 14.6 Å². The summed E-state index contributed by atoms with van der Waals surface area (Å²) in [5.41, 5.74) is 1.21. The fourth-order valence-corrected chi connectivity index (χ4v) is 3.79. The van der Waals surface area contributed by atoms with Gasteiger partial charge >= 0.3 is 0 Å². The van der Waals surface area contributed by atoms with E-state index in [4.69, 9.17) is 9.47 Å². The summed E-state index contributed by atoms with van der Waals surface area (Å²) in [7, 11) is 1.67. The summed E-state index contributed by atoms with van der Waals surface area (Å²) in [6, 6.07) is 6.39. The molecule has 4 heteroatoms. The summed E-state index contributed by atoms with van der Waals surface area (Å²) in [6.07, 6.45) is 3.95. The van der Waals surface area contributed by atoms with Crippen LogP contribution in [0.15, 0.2) is 18.2 Å². The summed E-state index contributed by atoms with van der Waals surface area (Å²) >= 11 is 0. The Balaban J connectivity index is 1.74. The summed E-state index contributed by atoms with van der Waals surface area (Å²) in [4.78, 5) is 2.45. The van der Waals surface area contributed by atoms with Crippen molar-refractivity contribution in [2.75, 3.05) is 26.8 Å². The molecule has 2 atom stereocenters. The second-order valence-electron chi connectivity index (χ2n) is 6.47. The van der Waals surface area contributed by atoms with Gasteiger partial charge in [0.15, 0.2) is 11.5 Å². The summed E-state index contributed by atoms with van der Waals surface area (Å²) in [5.74, 6) is 2.08. The quantitative estimate of drug-likeness (QED) is 0.877. The number of hydrogen-bond donors (Lipinski definition) is 1. The maximum absolute atomic E-state index is 10.5. The van der Waals surface area contributed by atoms with Crippen LogP contribution in [0.2, 0.25) is 0 Å². The molecule has 0 spiro atoms. The van der Waals surface area contributed by atoms with Crippen LogP contribution in [0.3, 0.4) is 0 Å². The zero-order valence-corrected chi connectivity index (χ0v) is 13.6. The van der Waals surface area contributed by atoms with Gasteiger partial charge in [0.25, 0.3) is 0 Å². The monoisotopic (exact) mass is 305 g/mol. The molecule has 22 heavy (non-hydrogen) atoms. The van der Waals surface area contributed by atoms with E-state index in [1.54, 1.807) is 7.11 Å². The van der Waals surface area contributed by atoms with Gasteiger partial charge in [-0.2, -0.15) is 0 Å². The normalized spacial score (nSPS) is 30.3. The number of aliphatic hydroxyl groups excluding tert-OH is 1. The molecule has 0 radical (unpaired) electrons. The van der Waals surface area contributed by atoms with E-state index in [1.165, 1.54) is 5.56 Å². The van der Waals surface area contributed by atoms with Gasteiger partial charge in [-0.3, -0.25) is 4.90 Å². The predicted octanol–water partition coefficient (Wildman–Crippen LogP) is 2.48. The van der Waals surface area contributed by atoms with Gasteiger partial charge in [-0.15, -0.1) is 0 Å². The largest absolute Gasteiger partial charge is 0.493 e. The first kappa shape index (κ1) is 15.6. The number of hydrogen-bond acceptors (Lipinski definition) is 4. The van der Waals surface area contributed by atoms with Crippen LogP contribution in [-0.4, -0.2) is 49.0 Å². The van der Waals surface area contributed by atoms with Gasteiger partial charge < -0.3 is 14.6 Å². The third kappa shape index (κ3) is 3.08. The average molecular weight is 305 g/mol. The number of fused-ring (bicyclic) bond motifs is 3. The highest BCUT2D eigenvalue weighted by molar-refractivity contribution is 5.43. The van der Waals surface area contributed by atoms with Crippen molar-refractivity contribution in [3.05, 3.63) is 23.8 Å². The smallest absolute Gasteiger partial charge is 0.161 e. The van der Waals surface area contributed by atoms with E-state index in [2.05, 4.69) is 24.0 Å². The third-order valence-corrected chi connectivity index (χ3v) is 5.06. The van der Waals surface area contributed by atoms with E-state index in [-0.39, 0.29) is 12.1 Å². The van der Waals surface area contributed by atoms with Crippen molar-refractivity contribution in [3.8, 4) is 11.5 Å². The fraction of sp³-hybridized carbons (Fsp3) is 0.667. The highest BCUT2D eigenvalue weighted by Gasteiger charge is 2.40. The average Bonchev–Trinajstić information content (AvgIpc) is 2.56. The fourth-order valence-electron chi connectivity index (χ4n) is 3.79. The minimum atomic E-state index is -0.190. The molecule has 0 saturated carbocycles. The molecular weight excluding hydrogens is 278 g/mol. The molecule has 2 bridgehead atoms. The van der Waals surface area contributed by atoms with Crippen LogP contribution < -0.4 is 9.47 Å². The van der Waals surface area contributed by atoms with Crippen molar-refractivity contribution >= 4 is 0 Å². The minimum Gasteiger partial charge on any atom is -0.493 e. The Kier molecular flexibility index (Phi) is 4.89. The summed E-state index contributed by atoms with van der Waals surface area (Å²) < 4.78 is 11.2. The zero-order chi connectivity index (χ0) is 15.5. The molecular formula is C18H27NO3. The molecule has 0 aromatic heterocycles. The van der Waals surface area contributed by atoms with Crippen LogP contribution in [0.1, 0.15) is 31.7 Å². The molecule has 4 rings (SSSR count). The number of piperidine rings is 3. The highest BCUT2D eigenvalue weighted by Crippen LogP contribution is 2.35. The first-order valence-corrected chi connectivity index (χ1v) is 8.44. The summed E-state index contributed by atoms with van der Waals surface area (Å²) in [5, 5.41) is 10.5. The Morgan fingerprint density at radius 3 is 2.64 bits per heavy atom. The Bertz CT molecular complexity index is 495. The van der Waals surface area contributed by atoms with Crippen LogP contribution in [0.25, 0.3) is 0 Å². The molecule has 0 aliphatic carbocycles. The van der Waals surface area contributed by atoms with Gasteiger partial charge in [0, 0.05) is 6.04 Å². The Labute approximate surface area is 133 Å². The van der Waals surface area contributed by atoms with Crippen LogP contribution in [0.4, 0.5) is 0 Å². The lowest BCUT2D eigenvalue weighted by atomic mass is 9.78. The maximum Gasteiger partial charge on any atom is 0.161 e. The number of ether oxygens (including phenoxy) is 2. The minimum absolute atomic E-state index is 0.190. The van der Waals surface area contributed by atoms with Gasteiger partial charge in [0.05, 0.1) is 19.8 Å². The van der Waals surface area contributed by atoms with Gasteiger partial charge in [-0.1, -0.05) is 13.0 Å². The second kappa shape index (κ2) is 6.88. The molecule has 0 amide bonds. The Hall–Kier alpha value is -1.26. The first-order valence-electron chi connectivity index (χ1n) is 8.44. The van der Waals surface area contributed by atoms with Crippen molar-refractivity contribution in [2.45, 2.75) is 44.8 Å². The van der Waals surface area contributed by atoms with Crippen LogP contribution >= 0.6 is 0 Å². The number of rotatable bonds is 6. The molecule has 122 valence electrons. The van der Waals surface area contributed by atoms with Gasteiger partial charge in [0.1, 0.15) is 0 Å². The van der Waals surface area contributed by atoms with E-state index in [0.29, 0.717) is 12.5 Å². The standard InChI is InChI=1S/C18H27NO3/c1-3-10-22-17-12-13(4-5-16(17)21-2)11-15-18(20)14-6-8-19(15)9-7-14/h4-5,12,14-15,18,20H,3,6-11H2,1-2H3. The number of benzene rings is 1. The topological polar surface area (TPSA) is 41.9 Å². The van der Waals surface area contributed by atoms with Gasteiger partial charge in [-0.05, 0) is 62.4 Å². The molecule has 3 saturated heterocycles. The van der Waals surface area contributed by atoms with E-state index >= 15 is 0 Å². The SMILES string of the molecule is CCCOc1cc(CC2C(O)C3CCN2CC3)ccc1OC. The van der Waals surface area contributed by atoms with Crippen LogP contribution in [0, 0.1) is 5.92 Å². The van der Waals surface area contributed by atoms with E-state index in [1.807, 2.05) is 6.07 Å². The molecule has 3 aliphatic rings. The zero-order valence-electron chi connectivity index (χ0n) is 13.6. The molecule has 2 unspecified atom stereocenters. The van der Waals surface area contributed by atoms with Crippen molar-refractivity contribution in [2.24, 2.45) is 5.92 Å². The van der Waals surface area contributed by atoms with Crippen molar-refractivity contribution in [3.63, 3.8) is 0 Å². The lowest BCUT2D eigenvalue weighted by Crippen LogP contribution is -2.58. The predicted molar refractivity (Wildman–Crippen MR) is 86.6 cm³/mol.